The summed E-state index contributed by atoms with van der Waals surface area (Å²) in [6.07, 6.45) is 0.359. The molecule has 0 N–H and O–H groups in total. The van der Waals surface area contributed by atoms with E-state index >= 15 is 0 Å². The van der Waals surface area contributed by atoms with Crippen molar-refractivity contribution >= 4 is 11.8 Å². The summed E-state index contributed by atoms with van der Waals surface area (Å²) in [7, 11) is 0. The van der Waals surface area contributed by atoms with Gasteiger partial charge in [-0.05, 0) is 12.0 Å². The molecule has 30 heavy (non-hydrogen) atoms. The molecule has 9 nitrogen and oxygen atoms in total. The maximum atomic E-state index is 12.9. The molecule has 1 aromatic heterocycles. The molecule has 1 fully saturated rings. The van der Waals surface area contributed by atoms with E-state index in [-0.39, 0.29) is 23.9 Å². The molecule has 2 aliphatic heterocycles. The average Bonchev–Trinajstić information content (AvgIpc) is 2.92. The summed E-state index contributed by atoms with van der Waals surface area (Å²) >= 11 is 0. The highest BCUT2D eigenvalue weighted by atomic mass is 16.5. The Kier molecular flexibility index (Phi) is 5.98. The van der Waals surface area contributed by atoms with Gasteiger partial charge in [-0.15, -0.1) is 0 Å². The lowest BCUT2D eigenvalue weighted by Gasteiger charge is -2.26. The number of carbonyl (C=O) groups is 2. The van der Waals surface area contributed by atoms with Gasteiger partial charge in [0.15, 0.2) is 5.82 Å². The summed E-state index contributed by atoms with van der Waals surface area (Å²) in [5.74, 6) is 0.507. The topological polar surface area (TPSA) is 89.7 Å². The summed E-state index contributed by atoms with van der Waals surface area (Å²) < 4.78 is 8.88. The number of fused-ring (bicyclic) bond motifs is 1. The summed E-state index contributed by atoms with van der Waals surface area (Å²) in [6.45, 7) is 5.09. The van der Waals surface area contributed by atoms with E-state index in [1.807, 2.05) is 30.3 Å². The van der Waals surface area contributed by atoms with E-state index < -0.39 is 6.10 Å². The summed E-state index contributed by atoms with van der Waals surface area (Å²) in [4.78, 5) is 40.8. The number of rotatable bonds is 4. The van der Waals surface area contributed by atoms with Crippen LogP contribution in [0.1, 0.15) is 37.3 Å². The first kappa shape index (κ1) is 20.3. The van der Waals surface area contributed by atoms with E-state index in [1.54, 1.807) is 21.3 Å². The largest absolute Gasteiger partial charge is 0.368 e. The number of benzene rings is 1. The summed E-state index contributed by atoms with van der Waals surface area (Å²) in [5.41, 5.74) is 0.810. The molecule has 3 heterocycles. The van der Waals surface area contributed by atoms with Crippen LogP contribution in [-0.2, 0) is 27.4 Å². The third-order valence-electron chi connectivity index (χ3n) is 5.70. The Bertz CT molecular complexity index is 968. The third-order valence-corrected chi connectivity index (χ3v) is 5.70. The predicted octanol–water partition coefficient (Wildman–Crippen LogP) is 0.635. The molecule has 2 amide bonds. The van der Waals surface area contributed by atoms with Crippen LogP contribution in [0.3, 0.4) is 0 Å². The normalized spacial score (nSPS) is 19.3. The minimum Gasteiger partial charge on any atom is -0.368 e. The molecule has 0 aliphatic carbocycles. The molecule has 2 aliphatic rings. The highest BCUT2D eigenvalue weighted by Crippen LogP contribution is 2.24. The second-order valence-electron chi connectivity index (χ2n) is 7.74. The summed E-state index contributed by atoms with van der Waals surface area (Å²) in [5, 5.41) is 4.50. The van der Waals surface area contributed by atoms with Crippen molar-refractivity contribution < 1.29 is 14.3 Å². The van der Waals surface area contributed by atoms with Crippen molar-refractivity contribution in [3.63, 3.8) is 0 Å². The van der Waals surface area contributed by atoms with Crippen LogP contribution < -0.4 is 5.69 Å². The van der Waals surface area contributed by atoms with E-state index in [9.17, 15) is 14.4 Å². The first-order chi connectivity index (χ1) is 14.5. The van der Waals surface area contributed by atoms with E-state index in [1.165, 1.54) is 4.68 Å². The summed E-state index contributed by atoms with van der Waals surface area (Å²) in [6, 6.07) is 9.68. The molecule has 0 bridgehead atoms. The highest BCUT2D eigenvalue weighted by molar-refractivity contribution is 5.77. The molecule has 1 atom stereocenters. The van der Waals surface area contributed by atoms with Crippen molar-refractivity contribution in [2.75, 3.05) is 32.8 Å². The molecule has 0 radical (unpaired) electrons. The second-order valence-corrected chi connectivity index (χ2v) is 7.74. The highest BCUT2D eigenvalue weighted by Gasteiger charge is 2.31. The Morgan fingerprint density at radius 1 is 1.07 bits per heavy atom. The van der Waals surface area contributed by atoms with Crippen molar-refractivity contribution in [1.29, 1.82) is 0 Å². The Labute approximate surface area is 174 Å². The molecular weight excluding hydrogens is 386 g/mol. The number of carbonyl (C=O) groups excluding carboxylic acids is 2. The molecule has 160 valence electrons. The van der Waals surface area contributed by atoms with Gasteiger partial charge in [-0.25, -0.2) is 9.48 Å². The van der Waals surface area contributed by atoms with Gasteiger partial charge in [0.2, 0.25) is 11.8 Å². The van der Waals surface area contributed by atoms with Gasteiger partial charge < -0.3 is 14.5 Å². The molecule has 1 saturated heterocycles. The fraction of sp³-hybridized carbons (Fsp3) is 0.524. The van der Waals surface area contributed by atoms with Gasteiger partial charge in [-0.3, -0.25) is 14.2 Å². The van der Waals surface area contributed by atoms with Crippen molar-refractivity contribution in [2.45, 2.75) is 39.0 Å². The van der Waals surface area contributed by atoms with Gasteiger partial charge in [-0.1, -0.05) is 30.3 Å². The van der Waals surface area contributed by atoms with Crippen LogP contribution in [0.4, 0.5) is 0 Å². The SMILES string of the molecule is CC(=O)N1CCCN(C(=O)CC2OCCn3c2nn(Cc2ccccc2)c3=O)CC1. The maximum absolute atomic E-state index is 12.9. The van der Waals surface area contributed by atoms with Crippen LogP contribution in [-0.4, -0.2) is 68.7 Å². The van der Waals surface area contributed by atoms with Crippen LogP contribution in [0, 0.1) is 0 Å². The molecule has 9 heteroatoms. The number of ether oxygens (including phenoxy) is 1. The van der Waals surface area contributed by atoms with Gasteiger partial charge in [0.25, 0.3) is 0 Å². The lowest BCUT2D eigenvalue weighted by molar-refractivity contribution is -0.136. The number of amides is 2. The zero-order valence-corrected chi connectivity index (χ0v) is 17.2. The van der Waals surface area contributed by atoms with E-state index in [4.69, 9.17) is 4.74 Å². The Morgan fingerprint density at radius 3 is 2.57 bits per heavy atom. The van der Waals surface area contributed by atoms with Crippen LogP contribution in [0.5, 0.6) is 0 Å². The first-order valence-electron chi connectivity index (χ1n) is 10.4. The Balaban J connectivity index is 1.46. The molecule has 0 spiro atoms. The van der Waals surface area contributed by atoms with Crippen LogP contribution in [0.15, 0.2) is 35.1 Å². The second kappa shape index (κ2) is 8.83. The van der Waals surface area contributed by atoms with Crippen LogP contribution in [0.2, 0.25) is 0 Å². The Hall–Kier alpha value is -2.94. The maximum Gasteiger partial charge on any atom is 0.346 e. The quantitative estimate of drug-likeness (QED) is 0.734. The van der Waals surface area contributed by atoms with E-state index in [2.05, 4.69) is 5.10 Å². The standard InChI is InChI=1S/C21H27N5O4/c1-16(27)23-8-5-9-24(11-10-23)19(28)14-18-20-22-26(15-17-6-3-2-4-7-17)21(29)25(20)12-13-30-18/h2-4,6-7,18H,5,8-15H2,1H3. The number of hydrogen-bond acceptors (Lipinski definition) is 5. The van der Waals surface area contributed by atoms with E-state index in [0.717, 1.165) is 12.0 Å². The number of aromatic nitrogens is 3. The number of nitrogens with zero attached hydrogens (tertiary/aromatic N) is 5. The van der Waals surface area contributed by atoms with Gasteiger partial charge >= 0.3 is 5.69 Å². The monoisotopic (exact) mass is 413 g/mol. The van der Waals surface area contributed by atoms with Gasteiger partial charge in [0, 0.05) is 33.1 Å². The molecule has 2 aromatic rings. The number of hydrogen-bond donors (Lipinski definition) is 0. The first-order valence-corrected chi connectivity index (χ1v) is 10.4. The van der Waals surface area contributed by atoms with E-state index in [0.29, 0.717) is 51.7 Å². The van der Waals surface area contributed by atoms with Gasteiger partial charge in [-0.2, -0.15) is 5.10 Å². The van der Waals surface area contributed by atoms with Gasteiger partial charge in [0.05, 0.1) is 26.1 Å². The average molecular weight is 413 g/mol. The molecular formula is C21H27N5O4. The smallest absolute Gasteiger partial charge is 0.346 e. The molecule has 1 aromatic carbocycles. The minimum absolute atomic E-state index is 0.0351. The minimum atomic E-state index is -0.539. The fourth-order valence-electron chi connectivity index (χ4n) is 4.05. The Morgan fingerprint density at radius 2 is 1.80 bits per heavy atom. The predicted molar refractivity (Wildman–Crippen MR) is 109 cm³/mol. The van der Waals surface area contributed by atoms with Crippen molar-refractivity contribution in [3.8, 4) is 0 Å². The lowest BCUT2D eigenvalue weighted by atomic mass is 10.2. The molecule has 4 rings (SSSR count). The fourth-order valence-corrected chi connectivity index (χ4v) is 4.05. The third kappa shape index (κ3) is 4.30. The van der Waals surface area contributed by atoms with Gasteiger partial charge in [0.1, 0.15) is 6.10 Å². The van der Waals surface area contributed by atoms with Crippen molar-refractivity contribution in [2.24, 2.45) is 0 Å². The molecule has 1 unspecified atom stereocenters. The van der Waals surface area contributed by atoms with Crippen molar-refractivity contribution in [3.05, 3.63) is 52.2 Å². The lowest BCUT2D eigenvalue weighted by Crippen LogP contribution is -2.38. The van der Waals surface area contributed by atoms with Crippen molar-refractivity contribution in [1.82, 2.24) is 24.1 Å². The van der Waals surface area contributed by atoms with Crippen LogP contribution >= 0.6 is 0 Å². The molecule has 0 saturated carbocycles. The zero-order chi connectivity index (χ0) is 21.1. The zero-order valence-electron chi connectivity index (χ0n) is 17.2. The van der Waals surface area contributed by atoms with Crippen LogP contribution in [0.25, 0.3) is 0 Å².